The third-order valence-corrected chi connectivity index (χ3v) is 5.97. The number of hydrogen-bond donors (Lipinski definition) is 0. The van der Waals surface area contributed by atoms with Gasteiger partial charge in [-0.2, -0.15) is 16.3 Å². The lowest BCUT2D eigenvalue weighted by atomic mass is 10.1. The molecule has 0 unspecified atom stereocenters. The van der Waals surface area contributed by atoms with E-state index in [0.29, 0.717) is 30.6 Å². The Kier molecular flexibility index (Phi) is 5.03. The molecule has 3 heterocycles. The highest BCUT2D eigenvalue weighted by atomic mass is 32.2. The lowest BCUT2D eigenvalue weighted by Crippen LogP contribution is -2.30. The SMILES string of the molecule is O=C(CSc1ccc(F)cc1)N1CC[C@@H](c2noc(-c3ccsc3)n2)C1. The molecule has 134 valence electrons. The predicted molar refractivity (Wildman–Crippen MR) is 98.7 cm³/mol. The molecular weight excluding hydrogens is 373 g/mol. The Morgan fingerprint density at radius 1 is 1.35 bits per heavy atom. The van der Waals surface area contributed by atoms with E-state index < -0.39 is 0 Å². The largest absolute Gasteiger partial charge is 0.341 e. The van der Waals surface area contributed by atoms with Gasteiger partial charge in [-0.05, 0) is 42.1 Å². The Bertz CT molecular complexity index is 880. The summed E-state index contributed by atoms with van der Waals surface area (Å²) in [4.78, 5) is 19.6. The highest BCUT2D eigenvalue weighted by Gasteiger charge is 2.30. The van der Waals surface area contributed by atoms with Gasteiger partial charge in [0.1, 0.15) is 5.82 Å². The van der Waals surface area contributed by atoms with E-state index in [1.54, 1.807) is 23.5 Å². The number of hydrogen-bond acceptors (Lipinski definition) is 6. The summed E-state index contributed by atoms with van der Waals surface area (Å²) in [5.74, 6) is 1.43. The number of benzene rings is 1. The molecule has 0 aliphatic carbocycles. The summed E-state index contributed by atoms with van der Waals surface area (Å²) in [5, 5.41) is 8.02. The van der Waals surface area contributed by atoms with Gasteiger partial charge in [-0.3, -0.25) is 4.79 Å². The number of rotatable bonds is 5. The average Bonchev–Trinajstić information content (AvgIpc) is 3.41. The molecule has 26 heavy (non-hydrogen) atoms. The van der Waals surface area contributed by atoms with E-state index in [4.69, 9.17) is 4.52 Å². The Morgan fingerprint density at radius 2 is 2.19 bits per heavy atom. The molecule has 1 saturated heterocycles. The highest BCUT2D eigenvalue weighted by molar-refractivity contribution is 8.00. The smallest absolute Gasteiger partial charge is 0.258 e. The van der Waals surface area contributed by atoms with E-state index in [2.05, 4.69) is 10.1 Å². The van der Waals surface area contributed by atoms with Crippen LogP contribution in [0.1, 0.15) is 18.2 Å². The maximum atomic E-state index is 12.9. The highest BCUT2D eigenvalue weighted by Crippen LogP contribution is 2.29. The van der Waals surface area contributed by atoms with Crippen molar-refractivity contribution in [3.05, 3.63) is 52.7 Å². The Hall–Kier alpha value is -2.19. The Morgan fingerprint density at radius 3 is 2.96 bits per heavy atom. The predicted octanol–water partition coefficient (Wildman–Crippen LogP) is 4.05. The summed E-state index contributed by atoms with van der Waals surface area (Å²) in [6, 6.07) is 8.12. The van der Waals surface area contributed by atoms with E-state index in [0.717, 1.165) is 16.9 Å². The van der Waals surface area contributed by atoms with Crippen LogP contribution < -0.4 is 0 Å². The molecule has 0 saturated carbocycles. The van der Waals surface area contributed by atoms with Gasteiger partial charge in [-0.15, -0.1) is 11.8 Å². The van der Waals surface area contributed by atoms with Crippen LogP contribution in [0.5, 0.6) is 0 Å². The second-order valence-corrected chi connectivity index (χ2v) is 7.87. The van der Waals surface area contributed by atoms with Crippen molar-refractivity contribution in [2.24, 2.45) is 0 Å². The van der Waals surface area contributed by atoms with Crippen LogP contribution in [0.15, 0.2) is 50.5 Å². The fourth-order valence-electron chi connectivity index (χ4n) is 2.87. The van der Waals surface area contributed by atoms with Gasteiger partial charge in [-0.1, -0.05) is 5.16 Å². The van der Waals surface area contributed by atoms with Crippen LogP contribution in [0.25, 0.3) is 11.5 Å². The number of likely N-dealkylation sites (tertiary alicyclic amines) is 1. The van der Waals surface area contributed by atoms with E-state index in [1.165, 1.54) is 23.9 Å². The zero-order chi connectivity index (χ0) is 17.9. The minimum Gasteiger partial charge on any atom is -0.341 e. The number of amides is 1. The van der Waals surface area contributed by atoms with Crippen LogP contribution in [0, 0.1) is 5.82 Å². The van der Waals surface area contributed by atoms with E-state index in [1.807, 2.05) is 21.7 Å². The number of carbonyl (C=O) groups excluding carboxylic acids is 1. The Labute approximate surface area is 158 Å². The summed E-state index contributed by atoms with van der Waals surface area (Å²) < 4.78 is 18.3. The van der Waals surface area contributed by atoms with Crippen LogP contribution in [0.4, 0.5) is 4.39 Å². The minimum absolute atomic E-state index is 0.0726. The van der Waals surface area contributed by atoms with Gasteiger partial charge in [-0.25, -0.2) is 4.39 Å². The molecule has 2 aromatic heterocycles. The maximum absolute atomic E-state index is 12.9. The summed E-state index contributed by atoms with van der Waals surface area (Å²) in [7, 11) is 0. The van der Waals surface area contributed by atoms with Gasteiger partial charge < -0.3 is 9.42 Å². The number of carbonyl (C=O) groups is 1. The van der Waals surface area contributed by atoms with Crippen LogP contribution in [-0.4, -0.2) is 39.8 Å². The van der Waals surface area contributed by atoms with E-state index in [-0.39, 0.29) is 17.6 Å². The second kappa shape index (κ2) is 7.59. The van der Waals surface area contributed by atoms with Crippen molar-refractivity contribution in [2.45, 2.75) is 17.2 Å². The monoisotopic (exact) mass is 389 g/mol. The van der Waals surface area contributed by atoms with Crippen LogP contribution in [-0.2, 0) is 4.79 Å². The lowest BCUT2D eigenvalue weighted by Gasteiger charge is -2.15. The first-order chi connectivity index (χ1) is 12.7. The molecule has 8 heteroatoms. The van der Waals surface area contributed by atoms with Crippen molar-refractivity contribution in [2.75, 3.05) is 18.8 Å². The minimum atomic E-state index is -0.273. The molecule has 0 spiro atoms. The molecule has 1 aliphatic heterocycles. The van der Waals surface area contributed by atoms with Crippen molar-refractivity contribution in [3.63, 3.8) is 0 Å². The zero-order valence-electron chi connectivity index (χ0n) is 13.8. The van der Waals surface area contributed by atoms with Crippen LogP contribution >= 0.6 is 23.1 Å². The first-order valence-electron chi connectivity index (χ1n) is 8.21. The van der Waals surface area contributed by atoms with Crippen molar-refractivity contribution >= 4 is 29.0 Å². The van der Waals surface area contributed by atoms with Crippen LogP contribution in [0.3, 0.4) is 0 Å². The number of thioether (sulfide) groups is 1. The summed E-state index contributed by atoms with van der Waals surface area (Å²) in [5.41, 5.74) is 0.926. The number of thiophene rings is 1. The van der Waals surface area contributed by atoms with Gasteiger partial charge in [0.25, 0.3) is 5.89 Å². The number of nitrogens with zero attached hydrogens (tertiary/aromatic N) is 3. The molecule has 4 rings (SSSR count). The third kappa shape index (κ3) is 3.81. The summed E-state index contributed by atoms with van der Waals surface area (Å²) >= 11 is 3.00. The normalized spacial score (nSPS) is 17.0. The molecule has 1 aromatic carbocycles. The van der Waals surface area contributed by atoms with Gasteiger partial charge in [0, 0.05) is 29.3 Å². The molecule has 0 bridgehead atoms. The fourth-order valence-corrected chi connectivity index (χ4v) is 4.30. The molecule has 1 amide bonds. The van der Waals surface area contributed by atoms with Crippen molar-refractivity contribution in [3.8, 4) is 11.5 Å². The van der Waals surface area contributed by atoms with Gasteiger partial charge >= 0.3 is 0 Å². The molecule has 5 nitrogen and oxygen atoms in total. The topological polar surface area (TPSA) is 59.2 Å². The molecule has 0 radical (unpaired) electrons. The van der Waals surface area contributed by atoms with Gasteiger partial charge in [0.2, 0.25) is 5.91 Å². The van der Waals surface area contributed by atoms with Crippen molar-refractivity contribution < 1.29 is 13.7 Å². The van der Waals surface area contributed by atoms with E-state index in [9.17, 15) is 9.18 Å². The van der Waals surface area contributed by atoms with Crippen molar-refractivity contribution in [1.29, 1.82) is 0 Å². The zero-order valence-corrected chi connectivity index (χ0v) is 15.4. The Balaban J connectivity index is 1.33. The number of halogens is 1. The third-order valence-electron chi connectivity index (χ3n) is 4.29. The number of aromatic nitrogens is 2. The molecule has 1 atom stereocenters. The fraction of sp³-hybridized carbons (Fsp3) is 0.278. The summed E-state index contributed by atoms with van der Waals surface area (Å²) in [6.07, 6.45) is 0.829. The van der Waals surface area contributed by atoms with Gasteiger partial charge in [0.15, 0.2) is 5.82 Å². The summed E-state index contributed by atoms with van der Waals surface area (Å²) in [6.45, 7) is 1.29. The molecule has 3 aromatic rings. The quantitative estimate of drug-likeness (QED) is 0.616. The standard InChI is InChI=1S/C18H16FN3O2S2/c19-14-1-3-15(4-2-14)26-11-16(23)22-7-5-12(9-22)17-20-18(24-21-17)13-6-8-25-10-13/h1-4,6,8,10,12H,5,7,9,11H2/t12-/m1/s1. The van der Waals surface area contributed by atoms with E-state index >= 15 is 0 Å². The van der Waals surface area contributed by atoms with Crippen LogP contribution in [0.2, 0.25) is 0 Å². The molecule has 1 aliphatic rings. The lowest BCUT2D eigenvalue weighted by molar-refractivity contribution is -0.127. The maximum Gasteiger partial charge on any atom is 0.258 e. The molecule has 1 fully saturated rings. The van der Waals surface area contributed by atoms with Gasteiger partial charge in [0.05, 0.1) is 11.3 Å². The second-order valence-electron chi connectivity index (χ2n) is 6.04. The molecule has 0 N–H and O–H groups in total. The average molecular weight is 389 g/mol. The first-order valence-corrected chi connectivity index (χ1v) is 10.1. The van der Waals surface area contributed by atoms with Crippen molar-refractivity contribution in [1.82, 2.24) is 15.0 Å². The molecular formula is C18H16FN3O2S2. The first kappa shape index (κ1) is 17.2.